The predicted octanol–water partition coefficient (Wildman–Crippen LogP) is 4.45. The zero-order valence-electron chi connectivity index (χ0n) is 20.7. The normalized spacial score (nSPS) is 16.5. The lowest BCUT2D eigenvalue weighted by Gasteiger charge is -2.55. The summed E-state index contributed by atoms with van der Waals surface area (Å²) >= 11 is 0. The highest BCUT2D eigenvalue weighted by Crippen LogP contribution is 2.42. The van der Waals surface area contributed by atoms with E-state index in [-0.39, 0.29) is 18.2 Å². The molecule has 1 N–H and O–H groups in total. The lowest BCUT2D eigenvalue weighted by Crippen LogP contribution is -2.60. The van der Waals surface area contributed by atoms with Crippen molar-refractivity contribution in [1.29, 1.82) is 0 Å². The van der Waals surface area contributed by atoms with Crippen LogP contribution in [0.15, 0.2) is 54.7 Å². The number of hydrogen-bond donors (Lipinski definition) is 1. The summed E-state index contributed by atoms with van der Waals surface area (Å²) in [5.41, 5.74) is 3.13. The van der Waals surface area contributed by atoms with E-state index in [1.54, 1.807) is 25.1 Å². The topological polar surface area (TPSA) is 83.5 Å². The van der Waals surface area contributed by atoms with Crippen molar-refractivity contribution in [3.05, 3.63) is 71.5 Å². The molecule has 1 amide bonds. The Morgan fingerprint density at radius 2 is 1.76 bits per heavy atom. The number of amides is 1. The van der Waals surface area contributed by atoms with Crippen LogP contribution < -0.4 is 15.0 Å². The second-order valence-electron chi connectivity index (χ2n) is 9.82. The van der Waals surface area contributed by atoms with Gasteiger partial charge in [-0.2, -0.15) is 0 Å². The van der Waals surface area contributed by atoms with Gasteiger partial charge in [-0.1, -0.05) is 18.2 Å². The first-order chi connectivity index (χ1) is 17.9. The lowest BCUT2D eigenvalue weighted by atomic mass is 9.71. The summed E-state index contributed by atoms with van der Waals surface area (Å²) in [4.78, 5) is 19.7. The summed E-state index contributed by atoms with van der Waals surface area (Å²) in [6.45, 7) is 6.29. The van der Waals surface area contributed by atoms with Crippen LogP contribution in [0.4, 0.5) is 20.3 Å². The summed E-state index contributed by atoms with van der Waals surface area (Å²) in [5, 5.41) is 11.5. The van der Waals surface area contributed by atoms with E-state index in [9.17, 15) is 13.6 Å². The van der Waals surface area contributed by atoms with Gasteiger partial charge in [-0.3, -0.25) is 9.78 Å². The average Bonchev–Trinajstić information content (AvgIpc) is 2.90. The van der Waals surface area contributed by atoms with Crippen molar-refractivity contribution in [3.63, 3.8) is 0 Å². The van der Waals surface area contributed by atoms with Gasteiger partial charge in [0.25, 0.3) is 6.43 Å². The molecule has 0 saturated carbocycles. The van der Waals surface area contributed by atoms with Gasteiger partial charge in [-0.25, -0.2) is 8.78 Å². The summed E-state index contributed by atoms with van der Waals surface area (Å²) < 4.78 is 30.7. The number of alkyl halides is 2. The molecule has 0 radical (unpaired) electrons. The van der Waals surface area contributed by atoms with Crippen LogP contribution >= 0.6 is 0 Å². The van der Waals surface area contributed by atoms with Crippen molar-refractivity contribution in [2.75, 3.05) is 36.4 Å². The fourth-order valence-electron chi connectivity index (χ4n) is 4.87. The molecular formula is C27H30F2N6O2. The number of anilines is 2. The van der Waals surface area contributed by atoms with Gasteiger partial charge in [0.2, 0.25) is 11.8 Å². The summed E-state index contributed by atoms with van der Waals surface area (Å²) in [7, 11) is 0. The predicted molar refractivity (Wildman–Crippen MR) is 135 cm³/mol. The summed E-state index contributed by atoms with van der Waals surface area (Å²) in [6.07, 6.45) is 0.953. The van der Waals surface area contributed by atoms with E-state index in [4.69, 9.17) is 4.74 Å². The van der Waals surface area contributed by atoms with Crippen LogP contribution in [-0.2, 0) is 17.9 Å². The number of ether oxygens (including phenoxy) is 1. The molecule has 2 aliphatic heterocycles. The van der Waals surface area contributed by atoms with Crippen LogP contribution in [0.1, 0.15) is 43.0 Å². The molecule has 37 heavy (non-hydrogen) atoms. The molecule has 2 aliphatic rings. The largest absolute Gasteiger partial charge is 0.472 e. The van der Waals surface area contributed by atoms with Crippen LogP contribution in [-0.4, -0.2) is 52.2 Å². The minimum absolute atomic E-state index is 0.166. The number of likely N-dealkylation sites (tertiary alicyclic amines) is 1. The third kappa shape index (κ3) is 5.95. The minimum Gasteiger partial charge on any atom is -0.472 e. The Labute approximate surface area is 214 Å². The van der Waals surface area contributed by atoms with Crippen LogP contribution in [0.25, 0.3) is 0 Å². The fourth-order valence-corrected chi connectivity index (χ4v) is 4.87. The van der Waals surface area contributed by atoms with Crippen molar-refractivity contribution in [3.8, 4) is 5.88 Å². The average molecular weight is 509 g/mol. The van der Waals surface area contributed by atoms with E-state index in [1.165, 1.54) is 18.0 Å². The van der Waals surface area contributed by atoms with Crippen LogP contribution in [0.5, 0.6) is 5.88 Å². The molecule has 0 bridgehead atoms. The highest BCUT2D eigenvalue weighted by atomic mass is 19.3. The van der Waals surface area contributed by atoms with E-state index >= 15 is 0 Å². The molecule has 4 heterocycles. The van der Waals surface area contributed by atoms with Gasteiger partial charge in [0.05, 0.1) is 0 Å². The molecule has 2 fully saturated rings. The standard InChI is InChI=1S/C27H30F2N6O2/c1-19(36)34-12-10-27(11-13-34)17-35(18-27)22-5-2-20(3-6-22)14-31-24-8-9-25(33-32-24)37-16-21-4-7-23(26(28)29)30-15-21/h2-9,15,26H,10-14,16-18H2,1H3,(H,31,32). The number of carbonyl (C=O) groups is 1. The smallest absolute Gasteiger partial charge is 0.280 e. The van der Waals surface area contributed by atoms with E-state index in [2.05, 4.69) is 49.7 Å². The number of piperidine rings is 1. The summed E-state index contributed by atoms with van der Waals surface area (Å²) in [5.74, 6) is 1.15. The molecule has 5 rings (SSSR count). The maximum atomic E-state index is 12.6. The third-order valence-electron chi connectivity index (χ3n) is 7.20. The van der Waals surface area contributed by atoms with Crippen molar-refractivity contribution in [2.24, 2.45) is 5.41 Å². The molecule has 3 aromatic rings. The van der Waals surface area contributed by atoms with Gasteiger partial charge in [0.15, 0.2) is 0 Å². The molecule has 1 aromatic carbocycles. The molecule has 1 spiro atoms. The highest BCUT2D eigenvalue weighted by molar-refractivity contribution is 5.73. The molecule has 10 heteroatoms. The SMILES string of the molecule is CC(=O)N1CCC2(CC1)CN(c1ccc(CNc3ccc(OCc4ccc(C(F)F)nc4)nn3)cc1)C2. The number of carbonyl (C=O) groups excluding carboxylic acids is 1. The van der Waals surface area contributed by atoms with E-state index in [1.807, 2.05) is 4.90 Å². The van der Waals surface area contributed by atoms with E-state index in [0.29, 0.717) is 29.2 Å². The first-order valence-corrected chi connectivity index (χ1v) is 12.4. The number of hydrogen-bond acceptors (Lipinski definition) is 7. The number of rotatable bonds is 8. The second kappa shape index (κ2) is 10.7. The molecule has 0 aliphatic carbocycles. The first kappa shape index (κ1) is 24.9. The lowest BCUT2D eigenvalue weighted by molar-refractivity contribution is -0.131. The van der Waals surface area contributed by atoms with Crippen LogP contribution in [0.2, 0.25) is 0 Å². The summed E-state index contributed by atoms with van der Waals surface area (Å²) in [6, 6.07) is 14.9. The number of nitrogens with zero attached hydrogens (tertiary/aromatic N) is 5. The van der Waals surface area contributed by atoms with Gasteiger partial charge in [-0.15, -0.1) is 10.2 Å². The first-order valence-electron chi connectivity index (χ1n) is 12.4. The Kier molecular flexibility index (Phi) is 7.16. The molecule has 8 nitrogen and oxygen atoms in total. The maximum absolute atomic E-state index is 12.6. The van der Waals surface area contributed by atoms with Crippen molar-refractivity contribution >= 4 is 17.4 Å². The minimum atomic E-state index is -2.59. The van der Waals surface area contributed by atoms with Gasteiger partial charge >= 0.3 is 0 Å². The number of nitrogens with one attached hydrogen (secondary N) is 1. The van der Waals surface area contributed by atoms with Crippen molar-refractivity contribution in [2.45, 2.75) is 39.3 Å². The molecule has 2 aromatic heterocycles. The van der Waals surface area contributed by atoms with Gasteiger partial charge in [0, 0.05) is 68.6 Å². The van der Waals surface area contributed by atoms with E-state index in [0.717, 1.165) is 44.6 Å². The number of aromatic nitrogens is 3. The zero-order chi connectivity index (χ0) is 25.8. The zero-order valence-corrected chi connectivity index (χ0v) is 20.7. The van der Waals surface area contributed by atoms with Gasteiger partial charge in [0.1, 0.15) is 18.1 Å². The molecular weight excluding hydrogens is 478 g/mol. The Hall–Kier alpha value is -3.82. The Morgan fingerprint density at radius 3 is 2.35 bits per heavy atom. The van der Waals surface area contributed by atoms with Crippen LogP contribution in [0.3, 0.4) is 0 Å². The number of pyridine rings is 1. The third-order valence-corrected chi connectivity index (χ3v) is 7.20. The number of benzene rings is 1. The van der Waals surface area contributed by atoms with E-state index < -0.39 is 6.43 Å². The Morgan fingerprint density at radius 1 is 1.03 bits per heavy atom. The van der Waals surface area contributed by atoms with Crippen molar-refractivity contribution < 1.29 is 18.3 Å². The van der Waals surface area contributed by atoms with Gasteiger partial charge in [-0.05, 0) is 42.7 Å². The quantitative estimate of drug-likeness (QED) is 0.481. The second-order valence-corrected chi connectivity index (χ2v) is 9.82. The highest BCUT2D eigenvalue weighted by Gasteiger charge is 2.45. The monoisotopic (exact) mass is 508 g/mol. The van der Waals surface area contributed by atoms with Crippen LogP contribution in [0, 0.1) is 5.41 Å². The Balaban J connectivity index is 1.05. The molecule has 0 atom stereocenters. The van der Waals surface area contributed by atoms with Crippen molar-refractivity contribution in [1.82, 2.24) is 20.1 Å². The molecule has 194 valence electrons. The molecule has 2 saturated heterocycles. The van der Waals surface area contributed by atoms with Gasteiger partial charge < -0.3 is 19.9 Å². The molecule has 0 unspecified atom stereocenters. The maximum Gasteiger partial charge on any atom is 0.280 e. The number of halogens is 2. The fraction of sp³-hybridized carbons (Fsp3) is 0.407. The Bertz CT molecular complexity index is 1190.